The van der Waals surface area contributed by atoms with Crippen LogP contribution in [-0.2, 0) is 9.53 Å². The fourth-order valence-corrected chi connectivity index (χ4v) is 2.65. The highest BCUT2D eigenvalue weighted by atomic mass is 16.5. The first-order chi connectivity index (χ1) is 7.54. The number of aliphatic carboxylic acids is 1. The number of rotatable bonds is 4. The van der Waals surface area contributed by atoms with Gasteiger partial charge in [0.25, 0.3) is 0 Å². The number of nitrogens with one attached hydrogen (secondary N) is 2. The molecule has 0 aliphatic carbocycles. The van der Waals surface area contributed by atoms with Crippen LogP contribution in [0, 0.1) is 0 Å². The molecule has 0 spiro atoms. The van der Waals surface area contributed by atoms with Crippen LogP contribution in [-0.4, -0.2) is 48.5 Å². The second-order valence-corrected chi connectivity index (χ2v) is 5.30. The highest BCUT2D eigenvalue weighted by Crippen LogP contribution is 2.25. The first-order valence-corrected chi connectivity index (χ1v) is 5.83. The Hall–Kier alpha value is -0.650. The molecule has 0 amide bonds. The molecule has 2 heterocycles. The lowest BCUT2D eigenvalue weighted by Crippen LogP contribution is -2.73. The number of carbonyl (C=O) groups is 1. The molecule has 5 heteroatoms. The van der Waals surface area contributed by atoms with Crippen LogP contribution in [0.1, 0.15) is 26.2 Å². The van der Waals surface area contributed by atoms with Crippen molar-refractivity contribution in [2.75, 3.05) is 26.3 Å². The van der Waals surface area contributed by atoms with E-state index >= 15 is 0 Å². The molecule has 0 bridgehead atoms. The second-order valence-electron chi connectivity index (χ2n) is 5.30. The van der Waals surface area contributed by atoms with Crippen molar-refractivity contribution in [3.8, 4) is 0 Å². The Morgan fingerprint density at radius 3 is 2.75 bits per heavy atom. The average Bonchev–Trinajstić information content (AvgIpc) is 2.14. The molecule has 92 valence electrons. The predicted molar refractivity (Wildman–Crippen MR) is 59.4 cm³/mol. The number of carboxylic acids is 1. The molecule has 3 N–H and O–H groups in total. The van der Waals surface area contributed by atoms with E-state index in [0.29, 0.717) is 6.61 Å². The molecule has 2 aliphatic rings. The van der Waals surface area contributed by atoms with Crippen molar-refractivity contribution in [3.05, 3.63) is 0 Å². The molecule has 5 nitrogen and oxygen atoms in total. The Kier molecular flexibility index (Phi) is 3.19. The minimum atomic E-state index is -0.741. The summed E-state index contributed by atoms with van der Waals surface area (Å²) in [7, 11) is 0. The van der Waals surface area contributed by atoms with Crippen LogP contribution < -0.4 is 10.6 Å². The predicted octanol–water partition coefficient (Wildman–Crippen LogP) is -0.0382. The smallest absolute Gasteiger partial charge is 0.305 e. The fraction of sp³-hybridized carbons (Fsp3) is 0.909. The number of ether oxygens (including phenoxy) is 1. The first kappa shape index (κ1) is 11.8. The van der Waals surface area contributed by atoms with Crippen LogP contribution in [0.25, 0.3) is 0 Å². The van der Waals surface area contributed by atoms with E-state index in [1.54, 1.807) is 0 Å². The minimum absolute atomic E-state index is 0.0736. The highest BCUT2D eigenvalue weighted by Gasteiger charge is 2.44. The Bertz CT molecular complexity index is 270. The third-order valence-corrected chi connectivity index (χ3v) is 3.42. The molecule has 1 atom stereocenters. The molecule has 0 aromatic carbocycles. The number of hydrogen-bond donors (Lipinski definition) is 3. The summed E-state index contributed by atoms with van der Waals surface area (Å²) in [5, 5.41) is 15.6. The summed E-state index contributed by atoms with van der Waals surface area (Å²) in [6.07, 6.45) is 2.27. The van der Waals surface area contributed by atoms with E-state index in [4.69, 9.17) is 9.84 Å². The SMILES string of the molecule is CC1(NC2(CC(=O)O)CNC2)CCCOC1. The zero-order valence-electron chi connectivity index (χ0n) is 9.71. The Morgan fingerprint density at radius 2 is 2.31 bits per heavy atom. The molecule has 2 rings (SSSR count). The van der Waals surface area contributed by atoms with E-state index in [9.17, 15) is 4.79 Å². The van der Waals surface area contributed by atoms with Crippen LogP contribution in [0.2, 0.25) is 0 Å². The summed E-state index contributed by atoms with van der Waals surface area (Å²) in [6, 6.07) is 0. The van der Waals surface area contributed by atoms with Crippen LogP contribution in [0.15, 0.2) is 0 Å². The monoisotopic (exact) mass is 228 g/mol. The maximum absolute atomic E-state index is 10.9. The van der Waals surface area contributed by atoms with E-state index < -0.39 is 5.97 Å². The third kappa shape index (κ3) is 2.53. The van der Waals surface area contributed by atoms with Gasteiger partial charge in [0.2, 0.25) is 0 Å². The summed E-state index contributed by atoms with van der Waals surface area (Å²) < 4.78 is 5.47. The number of carboxylic acid groups (broad SMARTS) is 1. The van der Waals surface area contributed by atoms with Gasteiger partial charge in [-0.3, -0.25) is 4.79 Å². The summed E-state index contributed by atoms with van der Waals surface area (Å²) in [5.41, 5.74) is -0.350. The Morgan fingerprint density at radius 1 is 1.56 bits per heavy atom. The van der Waals surface area contributed by atoms with Gasteiger partial charge in [-0.2, -0.15) is 0 Å². The third-order valence-electron chi connectivity index (χ3n) is 3.42. The van der Waals surface area contributed by atoms with Gasteiger partial charge in [-0.05, 0) is 19.8 Å². The molecule has 0 radical (unpaired) electrons. The second kappa shape index (κ2) is 4.31. The van der Waals surface area contributed by atoms with Crippen LogP contribution >= 0.6 is 0 Å². The Balaban J connectivity index is 1.97. The zero-order valence-corrected chi connectivity index (χ0v) is 9.71. The van der Waals surface area contributed by atoms with Crippen LogP contribution in [0.3, 0.4) is 0 Å². The van der Waals surface area contributed by atoms with E-state index in [1.165, 1.54) is 0 Å². The van der Waals surface area contributed by atoms with Crippen LogP contribution in [0.5, 0.6) is 0 Å². The van der Waals surface area contributed by atoms with Crippen molar-refractivity contribution in [2.24, 2.45) is 0 Å². The van der Waals surface area contributed by atoms with Gasteiger partial charge in [0.1, 0.15) is 0 Å². The van der Waals surface area contributed by atoms with Gasteiger partial charge in [0, 0.05) is 25.2 Å². The molecule has 0 saturated carbocycles. The maximum Gasteiger partial charge on any atom is 0.305 e. The molecule has 1 unspecified atom stereocenters. The summed E-state index contributed by atoms with van der Waals surface area (Å²) in [5.74, 6) is -0.741. The molecule has 2 saturated heterocycles. The minimum Gasteiger partial charge on any atom is -0.481 e. The van der Waals surface area contributed by atoms with Gasteiger partial charge in [-0.25, -0.2) is 0 Å². The van der Waals surface area contributed by atoms with Gasteiger partial charge in [-0.1, -0.05) is 0 Å². The van der Waals surface area contributed by atoms with Gasteiger partial charge < -0.3 is 20.5 Å². The fourth-order valence-electron chi connectivity index (χ4n) is 2.65. The zero-order chi connectivity index (χ0) is 11.6. The lowest BCUT2D eigenvalue weighted by atomic mass is 9.83. The topological polar surface area (TPSA) is 70.6 Å². The largest absolute Gasteiger partial charge is 0.481 e. The Labute approximate surface area is 95.5 Å². The number of hydrogen-bond acceptors (Lipinski definition) is 4. The maximum atomic E-state index is 10.9. The van der Waals surface area contributed by atoms with E-state index in [1.807, 2.05) is 0 Å². The first-order valence-electron chi connectivity index (χ1n) is 5.83. The molecule has 2 aliphatic heterocycles. The molecular formula is C11H20N2O3. The van der Waals surface area contributed by atoms with E-state index in [0.717, 1.165) is 32.5 Å². The van der Waals surface area contributed by atoms with Crippen molar-refractivity contribution in [2.45, 2.75) is 37.3 Å². The normalized spacial score (nSPS) is 33.1. The van der Waals surface area contributed by atoms with E-state index in [2.05, 4.69) is 17.6 Å². The molecule has 0 aromatic rings. The van der Waals surface area contributed by atoms with Crippen molar-refractivity contribution in [1.29, 1.82) is 0 Å². The summed E-state index contributed by atoms with van der Waals surface area (Å²) >= 11 is 0. The molecule has 2 fully saturated rings. The van der Waals surface area contributed by atoms with Gasteiger partial charge in [0.15, 0.2) is 0 Å². The highest BCUT2D eigenvalue weighted by molar-refractivity contribution is 5.69. The van der Waals surface area contributed by atoms with Crippen molar-refractivity contribution in [1.82, 2.24) is 10.6 Å². The molecule has 0 aromatic heterocycles. The lowest BCUT2D eigenvalue weighted by molar-refractivity contribution is -0.140. The van der Waals surface area contributed by atoms with Gasteiger partial charge in [-0.15, -0.1) is 0 Å². The lowest BCUT2D eigenvalue weighted by Gasteiger charge is -2.49. The molecule has 16 heavy (non-hydrogen) atoms. The van der Waals surface area contributed by atoms with Gasteiger partial charge in [0.05, 0.1) is 18.6 Å². The quantitative estimate of drug-likeness (QED) is 0.630. The van der Waals surface area contributed by atoms with Gasteiger partial charge >= 0.3 is 5.97 Å². The standard InChI is InChI=1S/C11H20N2O3/c1-10(3-2-4-16-8-10)13-11(5-9(14)15)6-12-7-11/h12-13H,2-8H2,1H3,(H,14,15). The van der Waals surface area contributed by atoms with E-state index in [-0.39, 0.29) is 17.5 Å². The molecular weight excluding hydrogens is 208 g/mol. The van der Waals surface area contributed by atoms with Crippen LogP contribution in [0.4, 0.5) is 0 Å². The average molecular weight is 228 g/mol. The summed E-state index contributed by atoms with van der Waals surface area (Å²) in [6.45, 7) is 5.08. The van der Waals surface area contributed by atoms with Crippen molar-refractivity contribution < 1.29 is 14.6 Å². The van der Waals surface area contributed by atoms with Crippen molar-refractivity contribution in [3.63, 3.8) is 0 Å². The van der Waals surface area contributed by atoms with Crippen molar-refractivity contribution >= 4 is 5.97 Å². The summed E-state index contributed by atoms with van der Waals surface area (Å²) in [4.78, 5) is 10.9.